The molecule has 2 aliphatic carbocycles. The zero-order valence-electron chi connectivity index (χ0n) is 7.58. The molecule has 0 aliphatic heterocycles. The monoisotopic (exact) mass is 198 g/mol. The van der Waals surface area contributed by atoms with Gasteiger partial charge in [0.1, 0.15) is 6.10 Å². The fraction of sp³-hybridized carbons (Fsp3) is 0.500. The van der Waals surface area contributed by atoms with Crippen molar-refractivity contribution in [3.8, 4) is 0 Å². The lowest BCUT2D eigenvalue weighted by Gasteiger charge is -2.03. The van der Waals surface area contributed by atoms with Gasteiger partial charge < -0.3 is 4.74 Å². The summed E-state index contributed by atoms with van der Waals surface area (Å²) < 4.78 is 5.04. The van der Waals surface area contributed by atoms with E-state index in [2.05, 4.69) is 26.0 Å². The smallest absolute Gasteiger partial charge is 0.404 e. The molecule has 0 aromatic rings. The first-order valence-electron chi connectivity index (χ1n) is 4.24. The number of rotatable bonds is 1. The van der Waals surface area contributed by atoms with Gasteiger partial charge in [0, 0.05) is 17.0 Å². The van der Waals surface area contributed by atoms with Crippen molar-refractivity contribution in [2.45, 2.75) is 20.0 Å². The van der Waals surface area contributed by atoms with Crippen LogP contribution >= 0.6 is 11.6 Å². The fourth-order valence-electron chi connectivity index (χ4n) is 2.21. The Kier molecular flexibility index (Phi) is 1.62. The molecule has 0 bridgehead atoms. The minimum Gasteiger partial charge on any atom is -0.448 e. The molecule has 70 valence electrons. The standard InChI is InChI=1S/C10H11ClO2/c1-9(2)7(13-8(11)12)10(9)5-3-4-6-10/h3-7H,1-2H3. The molecule has 2 rings (SSSR count). The SMILES string of the molecule is CC1(C)C(OC(=O)Cl)C12C=CC=C2. The predicted octanol–water partition coefficient (Wildman–Crippen LogP) is 2.88. The maximum atomic E-state index is 10.6. The van der Waals surface area contributed by atoms with Crippen LogP contribution in [0.15, 0.2) is 24.3 Å². The lowest BCUT2D eigenvalue weighted by atomic mass is 9.98. The summed E-state index contributed by atoms with van der Waals surface area (Å²) in [4.78, 5) is 10.6. The number of carbonyl (C=O) groups excluding carboxylic acids is 1. The minimum absolute atomic E-state index is 0.0267. The molecule has 2 aliphatic rings. The molecule has 0 radical (unpaired) electrons. The highest BCUT2D eigenvalue weighted by molar-refractivity contribution is 6.61. The van der Waals surface area contributed by atoms with Crippen LogP contribution in [0.3, 0.4) is 0 Å². The minimum atomic E-state index is -0.719. The van der Waals surface area contributed by atoms with Crippen LogP contribution in [0.1, 0.15) is 13.8 Å². The first kappa shape index (κ1) is 8.82. The second kappa shape index (κ2) is 2.38. The number of ether oxygens (including phenoxy) is 1. The molecule has 1 spiro atoms. The summed E-state index contributed by atoms with van der Waals surface area (Å²) in [5.41, 5.74) is -0.845. The van der Waals surface area contributed by atoms with Gasteiger partial charge >= 0.3 is 5.43 Å². The van der Waals surface area contributed by atoms with E-state index in [0.29, 0.717) is 0 Å². The molecule has 1 unspecified atom stereocenters. The van der Waals surface area contributed by atoms with Crippen molar-refractivity contribution < 1.29 is 9.53 Å². The van der Waals surface area contributed by atoms with Gasteiger partial charge in [0.25, 0.3) is 0 Å². The van der Waals surface area contributed by atoms with Gasteiger partial charge in [-0.05, 0) is 0 Å². The molecule has 1 fully saturated rings. The molecule has 1 saturated carbocycles. The lowest BCUT2D eigenvalue weighted by Crippen LogP contribution is -2.04. The molecule has 2 nitrogen and oxygen atoms in total. The van der Waals surface area contributed by atoms with Gasteiger partial charge in [-0.25, -0.2) is 4.79 Å². The van der Waals surface area contributed by atoms with Crippen molar-refractivity contribution in [1.29, 1.82) is 0 Å². The molecule has 13 heavy (non-hydrogen) atoms. The highest BCUT2D eigenvalue weighted by Crippen LogP contribution is 2.68. The average molecular weight is 199 g/mol. The number of hydrogen-bond acceptors (Lipinski definition) is 2. The van der Waals surface area contributed by atoms with Gasteiger partial charge in [0.2, 0.25) is 0 Å². The van der Waals surface area contributed by atoms with Crippen LogP contribution in [0.2, 0.25) is 0 Å². The number of carbonyl (C=O) groups is 1. The van der Waals surface area contributed by atoms with Gasteiger partial charge in [-0.1, -0.05) is 38.2 Å². The summed E-state index contributed by atoms with van der Waals surface area (Å²) in [6, 6.07) is 0. The Morgan fingerprint density at radius 2 is 1.92 bits per heavy atom. The van der Waals surface area contributed by atoms with Crippen LogP contribution in [0.4, 0.5) is 4.79 Å². The van der Waals surface area contributed by atoms with Crippen molar-refractivity contribution in [1.82, 2.24) is 0 Å². The van der Waals surface area contributed by atoms with E-state index >= 15 is 0 Å². The number of hydrogen-bond donors (Lipinski definition) is 0. The first-order chi connectivity index (χ1) is 6.01. The van der Waals surface area contributed by atoms with Gasteiger partial charge in [0.05, 0.1) is 5.41 Å². The maximum Gasteiger partial charge on any atom is 0.404 e. The molecule has 3 heteroatoms. The normalized spacial score (nSPS) is 30.8. The van der Waals surface area contributed by atoms with E-state index in [9.17, 15) is 4.79 Å². The highest BCUT2D eigenvalue weighted by atomic mass is 35.5. The van der Waals surface area contributed by atoms with E-state index in [-0.39, 0.29) is 16.9 Å². The third-order valence-electron chi connectivity index (χ3n) is 3.19. The average Bonchev–Trinajstić information content (AvgIpc) is 2.49. The van der Waals surface area contributed by atoms with Crippen LogP contribution in [-0.4, -0.2) is 11.5 Å². The first-order valence-corrected chi connectivity index (χ1v) is 4.62. The van der Waals surface area contributed by atoms with Gasteiger partial charge in [-0.2, -0.15) is 0 Å². The summed E-state index contributed by atoms with van der Waals surface area (Å²) in [5.74, 6) is 0. The second-order valence-electron chi connectivity index (χ2n) is 4.11. The highest BCUT2D eigenvalue weighted by Gasteiger charge is 2.71. The van der Waals surface area contributed by atoms with E-state index in [1.54, 1.807) is 0 Å². The molecule has 0 heterocycles. The number of allylic oxidation sites excluding steroid dienone is 2. The lowest BCUT2D eigenvalue weighted by molar-refractivity contribution is 0.147. The van der Waals surface area contributed by atoms with Crippen LogP contribution < -0.4 is 0 Å². The zero-order chi connectivity index (χ0) is 9.69. The summed E-state index contributed by atoms with van der Waals surface area (Å²) in [6.45, 7) is 4.13. The maximum absolute atomic E-state index is 10.6. The van der Waals surface area contributed by atoms with Crippen LogP contribution in [0.25, 0.3) is 0 Å². The molecule has 0 aromatic heterocycles. The summed E-state index contributed by atoms with van der Waals surface area (Å²) in [7, 11) is 0. The van der Waals surface area contributed by atoms with Crippen molar-refractivity contribution in [2.24, 2.45) is 10.8 Å². The topological polar surface area (TPSA) is 26.3 Å². The Bertz CT molecular complexity index is 303. The molecule has 1 atom stereocenters. The van der Waals surface area contributed by atoms with Crippen molar-refractivity contribution in [2.75, 3.05) is 0 Å². The second-order valence-corrected chi connectivity index (χ2v) is 4.42. The third-order valence-corrected chi connectivity index (χ3v) is 3.28. The van der Waals surface area contributed by atoms with Crippen molar-refractivity contribution in [3.63, 3.8) is 0 Å². The van der Waals surface area contributed by atoms with Crippen LogP contribution in [-0.2, 0) is 4.74 Å². The van der Waals surface area contributed by atoms with E-state index < -0.39 is 5.43 Å². The Hall–Kier alpha value is -0.760. The van der Waals surface area contributed by atoms with Gasteiger partial charge in [-0.3, -0.25) is 0 Å². The Morgan fingerprint density at radius 1 is 1.38 bits per heavy atom. The molecular weight excluding hydrogens is 188 g/mol. The molecule has 0 aromatic carbocycles. The summed E-state index contributed by atoms with van der Waals surface area (Å²) in [6.07, 6.45) is 7.97. The van der Waals surface area contributed by atoms with Gasteiger partial charge in [-0.15, -0.1) is 0 Å². The Balaban J connectivity index is 2.21. The molecule has 0 N–H and O–H groups in total. The quantitative estimate of drug-likeness (QED) is 0.606. The molecule has 0 amide bonds. The zero-order valence-corrected chi connectivity index (χ0v) is 8.34. The predicted molar refractivity (Wildman–Crippen MR) is 50.6 cm³/mol. The fourth-order valence-corrected chi connectivity index (χ4v) is 2.30. The van der Waals surface area contributed by atoms with E-state index in [4.69, 9.17) is 16.3 Å². The molecular formula is C10H11ClO2. The number of halogens is 1. The Labute approximate surface area is 82.2 Å². The van der Waals surface area contributed by atoms with Gasteiger partial charge in [0.15, 0.2) is 0 Å². The largest absolute Gasteiger partial charge is 0.448 e. The summed E-state index contributed by atoms with van der Waals surface area (Å²) >= 11 is 5.19. The molecule has 0 saturated heterocycles. The third kappa shape index (κ3) is 0.983. The van der Waals surface area contributed by atoms with E-state index in [0.717, 1.165) is 0 Å². The van der Waals surface area contributed by atoms with Crippen molar-refractivity contribution >= 4 is 17.0 Å². The van der Waals surface area contributed by atoms with E-state index in [1.807, 2.05) is 12.2 Å². The Morgan fingerprint density at radius 3 is 2.38 bits per heavy atom. The van der Waals surface area contributed by atoms with E-state index in [1.165, 1.54) is 0 Å². The van der Waals surface area contributed by atoms with Crippen LogP contribution in [0.5, 0.6) is 0 Å². The summed E-state index contributed by atoms with van der Waals surface area (Å²) in [5, 5.41) is 0. The van der Waals surface area contributed by atoms with Crippen molar-refractivity contribution in [3.05, 3.63) is 24.3 Å². The van der Waals surface area contributed by atoms with Crippen LogP contribution in [0, 0.1) is 10.8 Å².